The van der Waals surface area contributed by atoms with E-state index in [9.17, 15) is 0 Å². The maximum Gasteiger partial charge on any atom is -0.0187 e. The highest BCUT2D eigenvalue weighted by atomic mass is 14.2. The van der Waals surface area contributed by atoms with E-state index in [1.54, 1.807) is 0 Å². The molecule has 0 radical (unpaired) electrons. The predicted octanol–water partition coefficient (Wildman–Crippen LogP) is 3.49. The molecule has 0 fully saturated rings. The Kier molecular flexibility index (Phi) is 14.2. The number of nitrogens with one attached hydrogen (secondary N) is 1. The molecule has 0 aromatic rings. The molecule has 0 bridgehead atoms. The number of hydrogen-bond acceptors (Lipinski definition) is 1. The highest BCUT2D eigenvalue weighted by Gasteiger charge is 1.95. The van der Waals surface area contributed by atoms with Crippen molar-refractivity contribution in [3.63, 3.8) is 0 Å². The molecular weight excluding hydrogens is 122 g/mol. The van der Waals surface area contributed by atoms with Gasteiger partial charge in [-0.05, 0) is 12.6 Å². The third-order valence-corrected chi connectivity index (χ3v) is 1.56. The molecule has 0 atom stereocenters. The molecule has 0 unspecified atom stereocenters. The molecule has 0 saturated carbocycles. The van der Waals surface area contributed by atoms with Crippen molar-refractivity contribution in [2.45, 2.75) is 46.5 Å². The fraction of sp³-hybridized carbons (Fsp3) is 0.889. The third kappa shape index (κ3) is 10.6. The van der Waals surface area contributed by atoms with Gasteiger partial charge in [0.2, 0.25) is 0 Å². The standard InChI is InChI=1S/C8H18.CH3N/c1-4-6-8(3)7-5-2;1-2/h8H,4-7H2,1-3H3;2H,1H2. The molecule has 0 aromatic carbocycles. The lowest BCUT2D eigenvalue weighted by atomic mass is 10.0. The summed E-state index contributed by atoms with van der Waals surface area (Å²) in [5, 5.41) is 5.50. The lowest BCUT2D eigenvalue weighted by molar-refractivity contribution is 0.480. The van der Waals surface area contributed by atoms with Gasteiger partial charge < -0.3 is 5.41 Å². The third-order valence-electron chi connectivity index (χ3n) is 1.56. The van der Waals surface area contributed by atoms with Gasteiger partial charge in [0, 0.05) is 0 Å². The lowest BCUT2D eigenvalue weighted by Gasteiger charge is -2.05. The molecule has 0 heterocycles. The van der Waals surface area contributed by atoms with Crippen molar-refractivity contribution < 1.29 is 0 Å². The van der Waals surface area contributed by atoms with Crippen LogP contribution in [0.2, 0.25) is 0 Å². The van der Waals surface area contributed by atoms with Crippen molar-refractivity contribution in [2.24, 2.45) is 5.92 Å². The largest absolute Gasteiger partial charge is 0.317 e. The van der Waals surface area contributed by atoms with Crippen LogP contribution in [0.1, 0.15) is 46.5 Å². The van der Waals surface area contributed by atoms with Crippen molar-refractivity contribution >= 4 is 6.72 Å². The molecule has 1 heteroatoms. The molecular formula is C9H21N. The zero-order chi connectivity index (χ0) is 8.41. The van der Waals surface area contributed by atoms with E-state index < -0.39 is 0 Å². The van der Waals surface area contributed by atoms with Gasteiger partial charge in [0.1, 0.15) is 0 Å². The predicted molar refractivity (Wildman–Crippen MR) is 48.8 cm³/mol. The first-order valence-electron chi connectivity index (χ1n) is 4.16. The van der Waals surface area contributed by atoms with E-state index in [0.29, 0.717) is 0 Å². The van der Waals surface area contributed by atoms with E-state index in [1.807, 2.05) is 0 Å². The average Bonchev–Trinajstić information content (AvgIpc) is 1.93. The quantitative estimate of drug-likeness (QED) is 0.582. The Hall–Kier alpha value is -0.330. The van der Waals surface area contributed by atoms with E-state index in [2.05, 4.69) is 27.5 Å². The van der Waals surface area contributed by atoms with E-state index in [4.69, 9.17) is 5.41 Å². The minimum atomic E-state index is 0.963. The van der Waals surface area contributed by atoms with Crippen LogP contribution in [0.4, 0.5) is 0 Å². The van der Waals surface area contributed by atoms with Crippen molar-refractivity contribution in [1.82, 2.24) is 0 Å². The Labute approximate surface area is 65.3 Å². The van der Waals surface area contributed by atoms with Crippen LogP contribution in [0.15, 0.2) is 0 Å². The summed E-state index contributed by atoms with van der Waals surface area (Å²) < 4.78 is 0. The molecule has 10 heavy (non-hydrogen) atoms. The van der Waals surface area contributed by atoms with E-state index in [-0.39, 0.29) is 0 Å². The number of rotatable bonds is 4. The molecule has 0 aromatic heterocycles. The molecule has 0 aliphatic carbocycles. The molecule has 1 nitrogen and oxygen atoms in total. The van der Waals surface area contributed by atoms with Crippen LogP contribution in [0, 0.1) is 11.3 Å². The highest BCUT2D eigenvalue weighted by molar-refractivity contribution is 5.15. The van der Waals surface area contributed by atoms with Gasteiger partial charge in [-0.2, -0.15) is 0 Å². The van der Waals surface area contributed by atoms with Crippen LogP contribution in [-0.2, 0) is 0 Å². The Morgan fingerprint density at radius 1 is 1.10 bits per heavy atom. The fourth-order valence-corrected chi connectivity index (χ4v) is 1.13. The molecule has 62 valence electrons. The first-order chi connectivity index (χ1) is 4.81. The topological polar surface area (TPSA) is 23.9 Å². The van der Waals surface area contributed by atoms with Crippen LogP contribution < -0.4 is 0 Å². The smallest absolute Gasteiger partial charge is 0.0187 e. The Bertz CT molecular complexity index is 46.7. The van der Waals surface area contributed by atoms with Crippen molar-refractivity contribution in [3.8, 4) is 0 Å². The van der Waals surface area contributed by atoms with Gasteiger partial charge >= 0.3 is 0 Å². The lowest BCUT2D eigenvalue weighted by Crippen LogP contribution is -1.91. The first kappa shape index (κ1) is 12.4. The Balaban J connectivity index is 0. The van der Waals surface area contributed by atoms with Crippen LogP contribution in [-0.4, -0.2) is 6.72 Å². The molecule has 0 spiro atoms. The zero-order valence-corrected chi connectivity index (χ0v) is 7.61. The van der Waals surface area contributed by atoms with E-state index in [1.165, 1.54) is 25.7 Å². The van der Waals surface area contributed by atoms with Gasteiger partial charge in [0.15, 0.2) is 0 Å². The number of hydrogen-bond donors (Lipinski definition) is 1. The zero-order valence-electron chi connectivity index (χ0n) is 7.61. The minimum Gasteiger partial charge on any atom is -0.317 e. The molecule has 0 aliphatic heterocycles. The van der Waals surface area contributed by atoms with E-state index in [0.717, 1.165) is 5.92 Å². The first-order valence-corrected chi connectivity index (χ1v) is 4.16. The van der Waals surface area contributed by atoms with Gasteiger partial charge in [-0.15, -0.1) is 0 Å². The molecule has 0 amide bonds. The maximum atomic E-state index is 5.50. The van der Waals surface area contributed by atoms with Gasteiger partial charge in [-0.1, -0.05) is 46.5 Å². The van der Waals surface area contributed by atoms with Gasteiger partial charge in [-0.25, -0.2) is 0 Å². The second kappa shape index (κ2) is 11.5. The molecule has 0 rings (SSSR count). The van der Waals surface area contributed by atoms with Crippen molar-refractivity contribution in [3.05, 3.63) is 0 Å². The SMILES string of the molecule is C=N.CCCC(C)CCC. The van der Waals surface area contributed by atoms with Crippen LogP contribution in [0.5, 0.6) is 0 Å². The Morgan fingerprint density at radius 2 is 1.40 bits per heavy atom. The van der Waals surface area contributed by atoms with Gasteiger partial charge in [0.25, 0.3) is 0 Å². The maximum absolute atomic E-state index is 5.50. The van der Waals surface area contributed by atoms with Crippen LogP contribution >= 0.6 is 0 Å². The second-order valence-corrected chi connectivity index (χ2v) is 2.68. The molecule has 0 aliphatic rings. The minimum absolute atomic E-state index is 0.963. The molecule has 0 saturated heterocycles. The summed E-state index contributed by atoms with van der Waals surface area (Å²) in [4.78, 5) is 0. The van der Waals surface area contributed by atoms with Crippen molar-refractivity contribution in [1.29, 1.82) is 5.41 Å². The van der Waals surface area contributed by atoms with Crippen LogP contribution in [0.25, 0.3) is 0 Å². The van der Waals surface area contributed by atoms with Crippen LogP contribution in [0.3, 0.4) is 0 Å². The summed E-state index contributed by atoms with van der Waals surface area (Å²) in [7, 11) is 0. The normalized spacial score (nSPS) is 8.80. The van der Waals surface area contributed by atoms with E-state index >= 15 is 0 Å². The summed E-state index contributed by atoms with van der Waals surface area (Å²) in [6, 6.07) is 0. The second-order valence-electron chi connectivity index (χ2n) is 2.68. The van der Waals surface area contributed by atoms with Gasteiger partial charge in [-0.3, -0.25) is 0 Å². The fourth-order valence-electron chi connectivity index (χ4n) is 1.13. The van der Waals surface area contributed by atoms with Gasteiger partial charge in [0.05, 0.1) is 0 Å². The summed E-state index contributed by atoms with van der Waals surface area (Å²) in [5.41, 5.74) is 0. The Morgan fingerprint density at radius 3 is 1.60 bits per heavy atom. The monoisotopic (exact) mass is 143 g/mol. The summed E-state index contributed by atoms with van der Waals surface area (Å²) in [6.07, 6.45) is 5.52. The highest BCUT2D eigenvalue weighted by Crippen LogP contribution is 2.10. The summed E-state index contributed by atoms with van der Waals surface area (Å²) >= 11 is 0. The summed E-state index contributed by atoms with van der Waals surface area (Å²) in [5.74, 6) is 0.963. The molecule has 1 N–H and O–H groups in total. The van der Waals surface area contributed by atoms with Crippen molar-refractivity contribution in [2.75, 3.05) is 0 Å². The summed E-state index contributed by atoms with van der Waals surface area (Å²) in [6.45, 7) is 9.35. The average molecular weight is 143 g/mol.